The fraction of sp³-hybridized carbons (Fsp3) is 0.368. The van der Waals surface area contributed by atoms with E-state index in [0.717, 1.165) is 24.2 Å². The van der Waals surface area contributed by atoms with Crippen LogP contribution in [-0.2, 0) is 11.2 Å². The van der Waals surface area contributed by atoms with Gasteiger partial charge >= 0.3 is 0 Å². The summed E-state index contributed by atoms with van der Waals surface area (Å²) in [5.74, 6) is 0. The third-order valence-corrected chi connectivity index (χ3v) is 4.31. The Kier molecular flexibility index (Phi) is 4.09. The maximum absolute atomic E-state index is 10.6. The SMILES string of the molecule is Cc1ccc(C(O)CC2OCCc3ccccc32)c(C)c1. The summed E-state index contributed by atoms with van der Waals surface area (Å²) in [6.07, 6.45) is 1.08. The van der Waals surface area contributed by atoms with E-state index in [4.69, 9.17) is 4.74 Å². The zero-order valence-electron chi connectivity index (χ0n) is 12.7. The minimum atomic E-state index is -0.484. The molecule has 0 spiro atoms. The zero-order chi connectivity index (χ0) is 14.8. The molecular formula is C19H22O2. The van der Waals surface area contributed by atoms with Gasteiger partial charge in [0.25, 0.3) is 0 Å². The fourth-order valence-corrected chi connectivity index (χ4v) is 3.20. The average Bonchev–Trinajstić information content (AvgIpc) is 2.47. The Morgan fingerprint density at radius 1 is 1.19 bits per heavy atom. The van der Waals surface area contributed by atoms with E-state index in [1.165, 1.54) is 16.7 Å². The molecule has 0 amide bonds. The van der Waals surface area contributed by atoms with Crippen molar-refractivity contribution in [3.05, 3.63) is 70.3 Å². The molecule has 0 saturated carbocycles. The minimum Gasteiger partial charge on any atom is -0.388 e. The second kappa shape index (κ2) is 6.00. The highest BCUT2D eigenvalue weighted by Gasteiger charge is 2.24. The van der Waals surface area contributed by atoms with E-state index in [9.17, 15) is 5.11 Å². The first kappa shape index (κ1) is 14.3. The van der Waals surface area contributed by atoms with E-state index >= 15 is 0 Å². The van der Waals surface area contributed by atoms with Crippen LogP contribution in [0.15, 0.2) is 42.5 Å². The standard InChI is InChI=1S/C19H22O2/c1-13-7-8-16(14(2)11-13)18(20)12-19-17-6-4-3-5-15(17)9-10-21-19/h3-8,11,18-20H,9-10,12H2,1-2H3. The lowest BCUT2D eigenvalue weighted by Gasteiger charge is -2.28. The van der Waals surface area contributed by atoms with Gasteiger partial charge in [-0.25, -0.2) is 0 Å². The highest BCUT2D eigenvalue weighted by Crippen LogP contribution is 2.35. The highest BCUT2D eigenvalue weighted by molar-refractivity contribution is 5.34. The Bertz CT molecular complexity index is 633. The van der Waals surface area contributed by atoms with Crippen molar-refractivity contribution in [2.75, 3.05) is 6.61 Å². The molecule has 1 heterocycles. The van der Waals surface area contributed by atoms with Gasteiger partial charge in [0, 0.05) is 6.42 Å². The molecule has 0 saturated heterocycles. The van der Waals surface area contributed by atoms with E-state index < -0.39 is 6.10 Å². The fourth-order valence-electron chi connectivity index (χ4n) is 3.20. The first-order valence-electron chi connectivity index (χ1n) is 7.60. The quantitative estimate of drug-likeness (QED) is 0.920. The minimum absolute atomic E-state index is 0.00865. The third-order valence-electron chi connectivity index (χ3n) is 4.31. The highest BCUT2D eigenvalue weighted by atomic mass is 16.5. The molecule has 0 aliphatic carbocycles. The van der Waals surface area contributed by atoms with Crippen LogP contribution in [0.2, 0.25) is 0 Å². The Labute approximate surface area is 126 Å². The van der Waals surface area contributed by atoms with Gasteiger partial charge in [-0.3, -0.25) is 0 Å². The van der Waals surface area contributed by atoms with Crippen molar-refractivity contribution in [1.29, 1.82) is 0 Å². The van der Waals surface area contributed by atoms with Crippen LogP contribution in [0.3, 0.4) is 0 Å². The second-order valence-electron chi connectivity index (χ2n) is 5.92. The predicted molar refractivity (Wildman–Crippen MR) is 84.3 cm³/mol. The van der Waals surface area contributed by atoms with Crippen LogP contribution < -0.4 is 0 Å². The van der Waals surface area contributed by atoms with Crippen LogP contribution in [0, 0.1) is 13.8 Å². The van der Waals surface area contributed by atoms with E-state index in [1.807, 2.05) is 12.1 Å². The van der Waals surface area contributed by atoms with Gasteiger partial charge in [0.1, 0.15) is 0 Å². The van der Waals surface area contributed by atoms with Gasteiger partial charge in [-0.05, 0) is 42.5 Å². The van der Waals surface area contributed by atoms with Crippen LogP contribution in [0.1, 0.15) is 46.4 Å². The first-order chi connectivity index (χ1) is 10.1. The van der Waals surface area contributed by atoms with Crippen LogP contribution in [0.25, 0.3) is 0 Å². The summed E-state index contributed by atoms with van der Waals surface area (Å²) in [6.45, 7) is 4.87. The maximum Gasteiger partial charge on any atom is 0.0855 e. The van der Waals surface area contributed by atoms with Gasteiger partial charge in [-0.2, -0.15) is 0 Å². The molecule has 0 aromatic heterocycles. The zero-order valence-corrected chi connectivity index (χ0v) is 12.7. The van der Waals surface area contributed by atoms with Gasteiger partial charge < -0.3 is 9.84 Å². The number of aliphatic hydroxyl groups excluding tert-OH is 1. The summed E-state index contributed by atoms with van der Waals surface area (Å²) in [5.41, 5.74) is 5.95. The summed E-state index contributed by atoms with van der Waals surface area (Å²) < 4.78 is 5.90. The molecule has 110 valence electrons. The number of rotatable bonds is 3. The first-order valence-corrected chi connectivity index (χ1v) is 7.60. The van der Waals surface area contributed by atoms with Crippen molar-refractivity contribution in [1.82, 2.24) is 0 Å². The Morgan fingerprint density at radius 2 is 2.00 bits per heavy atom. The van der Waals surface area contributed by atoms with Crippen molar-refractivity contribution in [3.8, 4) is 0 Å². The lowest BCUT2D eigenvalue weighted by Crippen LogP contribution is -2.18. The maximum atomic E-state index is 10.6. The lowest BCUT2D eigenvalue weighted by atomic mass is 9.91. The molecule has 0 radical (unpaired) electrons. The molecule has 2 aromatic rings. The summed E-state index contributed by atoms with van der Waals surface area (Å²) in [4.78, 5) is 0. The van der Waals surface area contributed by atoms with Gasteiger partial charge in [-0.15, -0.1) is 0 Å². The van der Waals surface area contributed by atoms with Crippen molar-refractivity contribution in [2.24, 2.45) is 0 Å². The monoisotopic (exact) mass is 282 g/mol. The van der Waals surface area contributed by atoms with Crippen LogP contribution in [-0.4, -0.2) is 11.7 Å². The Balaban J connectivity index is 1.81. The van der Waals surface area contributed by atoms with Crippen molar-refractivity contribution >= 4 is 0 Å². The molecule has 21 heavy (non-hydrogen) atoms. The number of ether oxygens (including phenoxy) is 1. The van der Waals surface area contributed by atoms with Crippen molar-refractivity contribution < 1.29 is 9.84 Å². The summed E-state index contributed by atoms with van der Waals surface area (Å²) in [5, 5.41) is 10.6. The number of hydrogen-bond donors (Lipinski definition) is 1. The van der Waals surface area contributed by atoms with Crippen LogP contribution in [0.4, 0.5) is 0 Å². The van der Waals surface area contributed by atoms with E-state index in [1.54, 1.807) is 0 Å². The molecule has 2 atom stereocenters. The Hall–Kier alpha value is -1.64. The number of fused-ring (bicyclic) bond motifs is 1. The van der Waals surface area contributed by atoms with E-state index in [-0.39, 0.29) is 6.10 Å². The van der Waals surface area contributed by atoms with Gasteiger partial charge in [0.2, 0.25) is 0 Å². The molecule has 0 bridgehead atoms. The van der Waals surface area contributed by atoms with Crippen LogP contribution in [0.5, 0.6) is 0 Å². The van der Waals surface area contributed by atoms with Gasteiger partial charge in [0.15, 0.2) is 0 Å². The second-order valence-corrected chi connectivity index (χ2v) is 5.92. The van der Waals surface area contributed by atoms with Crippen molar-refractivity contribution in [2.45, 2.75) is 38.9 Å². The largest absolute Gasteiger partial charge is 0.388 e. The normalized spacial score (nSPS) is 19.1. The molecule has 2 heteroatoms. The Morgan fingerprint density at radius 3 is 2.81 bits per heavy atom. The topological polar surface area (TPSA) is 29.5 Å². The van der Waals surface area contributed by atoms with Crippen molar-refractivity contribution in [3.63, 3.8) is 0 Å². The smallest absolute Gasteiger partial charge is 0.0855 e. The molecule has 1 aliphatic rings. The molecule has 1 aliphatic heterocycles. The summed E-state index contributed by atoms with van der Waals surface area (Å²) in [6, 6.07) is 14.6. The van der Waals surface area contributed by atoms with E-state index in [2.05, 4.69) is 44.2 Å². The van der Waals surface area contributed by atoms with Gasteiger partial charge in [-0.1, -0.05) is 48.0 Å². The predicted octanol–water partition coefficient (Wildman–Crippen LogP) is 4.04. The molecule has 1 N–H and O–H groups in total. The number of hydrogen-bond acceptors (Lipinski definition) is 2. The lowest BCUT2D eigenvalue weighted by molar-refractivity contribution is 0.00364. The molecular weight excluding hydrogens is 260 g/mol. The summed E-state index contributed by atoms with van der Waals surface area (Å²) in [7, 11) is 0. The molecule has 2 unspecified atom stereocenters. The summed E-state index contributed by atoms with van der Waals surface area (Å²) >= 11 is 0. The molecule has 2 aromatic carbocycles. The molecule has 0 fully saturated rings. The average molecular weight is 282 g/mol. The van der Waals surface area contributed by atoms with Crippen LogP contribution >= 0.6 is 0 Å². The number of benzene rings is 2. The molecule has 2 nitrogen and oxygen atoms in total. The van der Waals surface area contributed by atoms with Gasteiger partial charge in [0.05, 0.1) is 18.8 Å². The number of aliphatic hydroxyl groups is 1. The van der Waals surface area contributed by atoms with E-state index in [0.29, 0.717) is 6.42 Å². The third kappa shape index (κ3) is 3.02. The molecule has 3 rings (SSSR count). The number of aryl methyl sites for hydroxylation is 2.